The van der Waals surface area contributed by atoms with Crippen molar-refractivity contribution in [2.24, 2.45) is 0 Å². The molecule has 1 aliphatic rings. The van der Waals surface area contributed by atoms with Crippen LogP contribution in [0.3, 0.4) is 0 Å². The summed E-state index contributed by atoms with van der Waals surface area (Å²) in [6.45, 7) is 4.31. The highest BCUT2D eigenvalue weighted by molar-refractivity contribution is 6.07. The Morgan fingerprint density at radius 1 is 1.22 bits per heavy atom. The third kappa shape index (κ3) is 3.70. The van der Waals surface area contributed by atoms with Gasteiger partial charge in [-0.25, -0.2) is 4.79 Å². The largest absolute Gasteiger partial charge is 0.460 e. The Labute approximate surface area is 156 Å². The summed E-state index contributed by atoms with van der Waals surface area (Å²) in [7, 11) is 1.52. The Morgan fingerprint density at radius 2 is 2.00 bits per heavy atom. The van der Waals surface area contributed by atoms with Crippen molar-refractivity contribution in [2.75, 3.05) is 25.6 Å². The van der Waals surface area contributed by atoms with Crippen molar-refractivity contribution in [3.05, 3.63) is 51.8 Å². The number of aryl methyl sites for hydroxylation is 1. The van der Waals surface area contributed by atoms with Gasteiger partial charge in [-0.2, -0.15) is 0 Å². The fourth-order valence-corrected chi connectivity index (χ4v) is 3.06. The Balaban J connectivity index is 1.78. The zero-order valence-corrected chi connectivity index (χ0v) is 15.4. The van der Waals surface area contributed by atoms with Crippen LogP contribution in [-0.4, -0.2) is 43.1 Å². The van der Waals surface area contributed by atoms with Gasteiger partial charge < -0.3 is 25.1 Å². The topological polar surface area (TPSA) is 110 Å². The van der Waals surface area contributed by atoms with Crippen molar-refractivity contribution >= 4 is 23.5 Å². The van der Waals surface area contributed by atoms with Crippen LogP contribution in [0.5, 0.6) is 0 Å². The predicted octanol–water partition coefficient (Wildman–Crippen LogP) is 1.93. The number of hydrogen-bond donors (Lipinski definition) is 3. The van der Waals surface area contributed by atoms with Crippen LogP contribution < -0.4 is 10.6 Å². The minimum Gasteiger partial charge on any atom is -0.460 e. The molecule has 2 amide bonds. The number of amides is 2. The van der Waals surface area contributed by atoms with Gasteiger partial charge in [0.25, 0.3) is 11.8 Å². The first-order valence-corrected chi connectivity index (χ1v) is 8.50. The van der Waals surface area contributed by atoms with Crippen molar-refractivity contribution < 1.29 is 23.9 Å². The van der Waals surface area contributed by atoms with E-state index in [1.807, 2.05) is 0 Å². The van der Waals surface area contributed by atoms with Gasteiger partial charge in [0, 0.05) is 30.6 Å². The molecule has 0 aliphatic carbocycles. The lowest BCUT2D eigenvalue weighted by molar-refractivity contribution is 0.0386. The summed E-state index contributed by atoms with van der Waals surface area (Å²) < 4.78 is 10.0. The molecule has 1 aromatic heterocycles. The second-order valence-corrected chi connectivity index (χ2v) is 6.26. The molecule has 2 aromatic rings. The number of aromatic nitrogens is 1. The lowest BCUT2D eigenvalue weighted by Crippen LogP contribution is -2.15. The molecular formula is C19H21N3O5. The molecule has 1 aromatic carbocycles. The van der Waals surface area contributed by atoms with Crippen molar-refractivity contribution in [2.45, 2.75) is 20.4 Å². The number of esters is 1. The number of hydrogen-bond acceptors (Lipinski definition) is 5. The van der Waals surface area contributed by atoms with Gasteiger partial charge in [-0.15, -0.1) is 0 Å². The number of benzene rings is 1. The van der Waals surface area contributed by atoms with Gasteiger partial charge in [0.15, 0.2) is 0 Å². The molecule has 0 bridgehead atoms. The van der Waals surface area contributed by atoms with Crippen molar-refractivity contribution in [1.29, 1.82) is 0 Å². The van der Waals surface area contributed by atoms with E-state index in [2.05, 4.69) is 15.6 Å². The van der Waals surface area contributed by atoms with Crippen LogP contribution in [0.1, 0.15) is 48.0 Å². The number of carbonyl (C=O) groups is 3. The van der Waals surface area contributed by atoms with Crippen LogP contribution >= 0.6 is 0 Å². The third-order valence-electron chi connectivity index (χ3n) is 4.44. The zero-order chi connectivity index (χ0) is 19.6. The first-order valence-electron chi connectivity index (χ1n) is 8.50. The molecule has 2 heterocycles. The molecule has 1 aliphatic heterocycles. The number of anilines is 1. The van der Waals surface area contributed by atoms with Crippen LogP contribution in [0, 0.1) is 13.8 Å². The molecule has 0 atom stereocenters. The molecule has 0 unspecified atom stereocenters. The Hall–Kier alpha value is -3.13. The van der Waals surface area contributed by atoms with E-state index in [0.29, 0.717) is 41.2 Å². The summed E-state index contributed by atoms with van der Waals surface area (Å²) in [5, 5.41) is 5.49. The summed E-state index contributed by atoms with van der Waals surface area (Å²) in [6.07, 6.45) is 0. The van der Waals surface area contributed by atoms with E-state index >= 15 is 0 Å². The number of carbonyl (C=O) groups excluding carboxylic acids is 3. The Bertz CT molecular complexity index is 916. The van der Waals surface area contributed by atoms with E-state index in [9.17, 15) is 14.4 Å². The first-order chi connectivity index (χ1) is 12.9. The van der Waals surface area contributed by atoms with Crippen LogP contribution in [-0.2, 0) is 16.0 Å². The van der Waals surface area contributed by atoms with Gasteiger partial charge in [0.2, 0.25) is 0 Å². The van der Waals surface area contributed by atoms with Crippen molar-refractivity contribution in [3.63, 3.8) is 0 Å². The second-order valence-electron chi connectivity index (χ2n) is 6.26. The average molecular weight is 371 g/mol. The molecule has 142 valence electrons. The fourth-order valence-electron chi connectivity index (χ4n) is 3.06. The summed E-state index contributed by atoms with van der Waals surface area (Å²) >= 11 is 0. The second kappa shape index (κ2) is 7.63. The zero-order valence-electron chi connectivity index (χ0n) is 15.4. The first kappa shape index (κ1) is 18.7. The van der Waals surface area contributed by atoms with Crippen LogP contribution in [0.2, 0.25) is 0 Å². The van der Waals surface area contributed by atoms with E-state index < -0.39 is 11.9 Å². The SMILES string of the molecule is COCCOC(=O)c1c(C)[nH]c(C(=O)Nc2ccc3c(c2)C(=O)NC3)c1C. The number of aromatic amines is 1. The molecule has 0 fully saturated rings. The summed E-state index contributed by atoms with van der Waals surface area (Å²) in [5.74, 6) is -1.06. The van der Waals surface area contributed by atoms with Gasteiger partial charge in [-0.1, -0.05) is 6.07 Å². The quantitative estimate of drug-likeness (QED) is 0.531. The normalized spacial score (nSPS) is 12.5. The van der Waals surface area contributed by atoms with Gasteiger partial charge in [0.1, 0.15) is 12.3 Å². The smallest absolute Gasteiger partial charge is 0.340 e. The highest BCUT2D eigenvalue weighted by Crippen LogP contribution is 2.23. The van der Waals surface area contributed by atoms with E-state index in [1.54, 1.807) is 32.0 Å². The molecule has 0 saturated carbocycles. The van der Waals surface area contributed by atoms with Gasteiger partial charge in [-0.05, 0) is 37.1 Å². The lowest BCUT2D eigenvalue weighted by Gasteiger charge is -2.07. The molecule has 0 saturated heterocycles. The maximum Gasteiger partial charge on any atom is 0.340 e. The molecule has 0 radical (unpaired) electrons. The number of H-pyrrole nitrogens is 1. The number of ether oxygens (including phenoxy) is 2. The Morgan fingerprint density at radius 3 is 2.74 bits per heavy atom. The molecular weight excluding hydrogens is 350 g/mol. The highest BCUT2D eigenvalue weighted by Gasteiger charge is 2.24. The van der Waals surface area contributed by atoms with Crippen LogP contribution in [0.25, 0.3) is 0 Å². The highest BCUT2D eigenvalue weighted by atomic mass is 16.6. The number of fused-ring (bicyclic) bond motifs is 1. The van der Waals surface area contributed by atoms with Crippen LogP contribution in [0.4, 0.5) is 5.69 Å². The predicted molar refractivity (Wildman–Crippen MR) is 98.0 cm³/mol. The molecule has 27 heavy (non-hydrogen) atoms. The van der Waals surface area contributed by atoms with Gasteiger partial charge in [-0.3, -0.25) is 9.59 Å². The van der Waals surface area contributed by atoms with Gasteiger partial charge in [0.05, 0.1) is 12.2 Å². The van der Waals surface area contributed by atoms with Gasteiger partial charge >= 0.3 is 5.97 Å². The third-order valence-corrected chi connectivity index (χ3v) is 4.44. The minimum absolute atomic E-state index is 0.137. The maximum absolute atomic E-state index is 12.7. The molecule has 0 spiro atoms. The molecule has 8 nitrogen and oxygen atoms in total. The minimum atomic E-state index is -0.508. The summed E-state index contributed by atoms with van der Waals surface area (Å²) in [4.78, 5) is 39.6. The van der Waals surface area contributed by atoms with E-state index in [1.165, 1.54) is 7.11 Å². The molecule has 8 heteroatoms. The summed E-state index contributed by atoms with van der Waals surface area (Å²) in [6, 6.07) is 5.18. The van der Waals surface area contributed by atoms with Crippen LogP contribution in [0.15, 0.2) is 18.2 Å². The maximum atomic E-state index is 12.7. The number of methoxy groups -OCH3 is 1. The van der Waals surface area contributed by atoms with Crippen molar-refractivity contribution in [1.82, 2.24) is 10.3 Å². The monoisotopic (exact) mass is 371 g/mol. The number of rotatable bonds is 6. The molecule has 3 rings (SSSR count). The lowest BCUT2D eigenvalue weighted by atomic mass is 10.1. The average Bonchev–Trinajstić information content (AvgIpc) is 3.15. The Kier molecular flexibility index (Phi) is 5.27. The van der Waals surface area contributed by atoms with E-state index in [0.717, 1.165) is 5.56 Å². The number of nitrogens with one attached hydrogen (secondary N) is 3. The van der Waals surface area contributed by atoms with E-state index in [4.69, 9.17) is 9.47 Å². The molecule has 3 N–H and O–H groups in total. The van der Waals surface area contributed by atoms with E-state index in [-0.39, 0.29) is 18.2 Å². The standard InChI is InChI=1S/C19H21N3O5/c1-10-15(19(25)27-7-6-26-3)11(2)21-16(10)18(24)22-13-5-4-12-9-20-17(23)14(12)8-13/h4-5,8,21H,6-7,9H2,1-3H3,(H,20,23)(H,22,24). The summed E-state index contributed by atoms with van der Waals surface area (Å²) in [5.41, 5.74) is 3.62. The fraction of sp³-hybridized carbons (Fsp3) is 0.316. The van der Waals surface area contributed by atoms with Crippen molar-refractivity contribution in [3.8, 4) is 0 Å².